The predicted molar refractivity (Wildman–Crippen MR) is 49.3 cm³/mol. The highest BCUT2D eigenvalue weighted by Gasteiger charge is 2.40. The van der Waals surface area contributed by atoms with Gasteiger partial charge >= 0.3 is 6.18 Å². The molecule has 1 N–H and O–H groups in total. The molecule has 0 aliphatic heterocycles. The number of halogens is 4. The summed E-state index contributed by atoms with van der Waals surface area (Å²) in [4.78, 5) is 0. The van der Waals surface area contributed by atoms with Gasteiger partial charge in [0, 0.05) is 6.42 Å². The lowest BCUT2D eigenvalue weighted by molar-refractivity contribution is -0.140. The first kappa shape index (κ1) is 11.4. The average Bonchev–Trinajstić information content (AvgIpc) is 2.80. The number of benzene rings is 1. The molecule has 1 aromatic rings. The van der Waals surface area contributed by atoms with Gasteiger partial charge in [0.25, 0.3) is 0 Å². The van der Waals surface area contributed by atoms with Crippen LogP contribution in [0.1, 0.15) is 24.0 Å². The summed E-state index contributed by atoms with van der Waals surface area (Å²) in [6.07, 6.45) is -3.22. The van der Waals surface area contributed by atoms with Crippen LogP contribution in [0.4, 0.5) is 17.6 Å². The Morgan fingerprint density at radius 1 is 1.25 bits per heavy atom. The Hall–Kier alpha value is -1.10. The van der Waals surface area contributed by atoms with E-state index in [4.69, 9.17) is 0 Å². The lowest BCUT2D eigenvalue weighted by Crippen LogP contribution is -2.13. The summed E-state index contributed by atoms with van der Waals surface area (Å²) in [7, 11) is 0. The van der Waals surface area contributed by atoms with Crippen molar-refractivity contribution in [3.8, 4) is 0 Å². The van der Waals surface area contributed by atoms with Gasteiger partial charge in [-0.2, -0.15) is 13.2 Å². The molecule has 0 atom stereocenters. The fourth-order valence-corrected chi connectivity index (χ4v) is 1.60. The fraction of sp³-hybridized carbons (Fsp3) is 0.455. The van der Waals surface area contributed by atoms with Crippen molar-refractivity contribution in [1.29, 1.82) is 0 Å². The Kier molecular flexibility index (Phi) is 2.45. The van der Waals surface area contributed by atoms with Crippen LogP contribution in [0, 0.1) is 5.82 Å². The molecule has 1 nitrogen and oxygen atoms in total. The van der Waals surface area contributed by atoms with E-state index in [9.17, 15) is 22.7 Å². The van der Waals surface area contributed by atoms with Crippen LogP contribution in [0.25, 0.3) is 0 Å². The summed E-state index contributed by atoms with van der Waals surface area (Å²) in [5.41, 5.74) is -1.70. The molecule has 0 bridgehead atoms. The smallest absolute Gasteiger partial charge is 0.390 e. The Labute approximate surface area is 89.7 Å². The molecule has 1 fully saturated rings. The van der Waals surface area contributed by atoms with Crippen molar-refractivity contribution in [1.82, 2.24) is 0 Å². The van der Waals surface area contributed by atoms with Gasteiger partial charge < -0.3 is 5.11 Å². The highest BCUT2D eigenvalue weighted by molar-refractivity contribution is 5.28. The second-order valence-corrected chi connectivity index (χ2v) is 4.21. The van der Waals surface area contributed by atoms with Gasteiger partial charge in [-0.3, -0.25) is 0 Å². The number of hydrogen-bond donors (Lipinski definition) is 1. The Bertz CT molecular complexity index is 407. The molecule has 0 spiro atoms. The minimum atomic E-state index is -4.67. The summed E-state index contributed by atoms with van der Waals surface area (Å²) in [6, 6.07) is 2.78. The minimum Gasteiger partial charge on any atom is -0.390 e. The lowest BCUT2D eigenvalue weighted by Gasteiger charge is -2.11. The van der Waals surface area contributed by atoms with Crippen LogP contribution in [0.15, 0.2) is 18.2 Å². The van der Waals surface area contributed by atoms with Crippen molar-refractivity contribution in [3.63, 3.8) is 0 Å². The quantitative estimate of drug-likeness (QED) is 0.780. The van der Waals surface area contributed by atoms with Gasteiger partial charge in [0.1, 0.15) is 5.82 Å². The van der Waals surface area contributed by atoms with Gasteiger partial charge in [0.2, 0.25) is 0 Å². The van der Waals surface area contributed by atoms with Crippen molar-refractivity contribution in [2.75, 3.05) is 0 Å². The van der Waals surface area contributed by atoms with Crippen molar-refractivity contribution < 1.29 is 22.7 Å². The first-order valence-corrected chi connectivity index (χ1v) is 4.88. The minimum absolute atomic E-state index is 0.210. The molecule has 16 heavy (non-hydrogen) atoms. The summed E-state index contributed by atoms with van der Waals surface area (Å²) in [5.74, 6) is -1.28. The Morgan fingerprint density at radius 3 is 2.31 bits per heavy atom. The summed E-state index contributed by atoms with van der Waals surface area (Å²) < 4.78 is 49.9. The number of alkyl halides is 3. The van der Waals surface area contributed by atoms with Crippen molar-refractivity contribution in [2.24, 2.45) is 0 Å². The molecule has 1 aliphatic carbocycles. The van der Waals surface area contributed by atoms with Gasteiger partial charge in [0.05, 0.1) is 11.2 Å². The maximum absolute atomic E-state index is 13.1. The van der Waals surface area contributed by atoms with E-state index in [0.717, 1.165) is 12.1 Å². The molecule has 0 radical (unpaired) electrons. The molecule has 5 heteroatoms. The topological polar surface area (TPSA) is 20.2 Å². The summed E-state index contributed by atoms with van der Waals surface area (Å²) in [5, 5.41) is 9.56. The molecule has 1 aliphatic rings. The van der Waals surface area contributed by atoms with Crippen LogP contribution in [-0.4, -0.2) is 10.7 Å². The molecule has 0 unspecified atom stereocenters. The number of hydrogen-bond acceptors (Lipinski definition) is 1. The monoisotopic (exact) mass is 234 g/mol. The SMILES string of the molecule is OC1(Cc2ccc(C(F)(F)F)c(F)c2)CC1. The normalized spacial score (nSPS) is 18.6. The second-order valence-electron chi connectivity index (χ2n) is 4.21. The molecule has 1 aromatic carbocycles. The Morgan fingerprint density at radius 2 is 1.88 bits per heavy atom. The van der Waals surface area contributed by atoms with Gasteiger partial charge in [-0.1, -0.05) is 6.07 Å². The van der Waals surface area contributed by atoms with Crippen LogP contribution in [-0.2, 0) is 12.6 Å². The van der Waals surface area contributed by atoms with Crippen LogP contribution in [0.2, 0.25) is 0 Å². The average molecular weight is 234 g/mol. The van der Waals surface area contributed by atoms with E-state index in [-0.39, 0.29) is 6.42 Å². The first-order chi connectivity index (χ1) is 7.30. The maximum atomic E-state index is 13.1. The summed E-state index contributed by atoms with van der Waals surface area (Å²) >= 11 is 0. The first-order valence-electron chi connectivity index (χ1n) is 4.88. The largest absolute Gasteiger partial charge is 0.419 e. The van der Waals surface area contributed by atoms with Gasteiger partial charge in [-0.05, 0) is 30.5 Å². The van der Waals surface area contributed by atoms with Crippen molar-refractivity contribution in [3.05, 3.63) is 35.1 Å². The zero-order valence-corrected chi connectivity index (χ0v) is 8.31. The molecule has 2 rings (SSSR count). The maximum Gasteiger partial charge on any atom is 0.419 e. The standard InChI is InChI=1S/C11H10F4O/c12-9-5-7(6-10(16)3-4-10)1-2-8(9)11(13,14)15/h1-2,5,16H,3-4,6H2. The van der Waals surface area contributed by atoms with Gasteiger partial charge in [-0.25, -0.2) is 4.39 Å². The summed E-state index contributed by atoms with van der Waals surface area (Å²) in [6.45, 7) is 0. The highest BCUT2D eigenvalue weighted by Crippen LogP contribution is 2.39. The molecule has 0 heterocycles. The molecule has 0 aromatic heterocycles. The van der Waals surface area contributed by atoms with Gasteiger partial charge in [0.15, 0.2) is 0 Å². The van der Waals surface area contributed by atoms with Crippen LogP contribution >= 0.6 is 0 Å². The lowest BCUT2D eigenvalue weighted by atomic mass is 10.0. The van der Waals surface area contributed by atoms with E-state index in [1.165, 1.54) is 6.07 Å². The third kappa shape index (κ3) is 2.35. The van der Waals surface area contributed by atoms with Crippen molar-refractivity contribution in [2.45, 2.75) is 31.0 Å². The van der Waals surface area contributed by atoms with Gasteiger partial charge in [-0.15, -0.1) is 0 Å². The highest BCUT2D eigenvalue weighted by atomic mass is 19.4. The van der Waals surface area contributed by atoms with Crippen molar-refractivity contribution >= 4 is 0 Å². The zero-order valence-electron chi connectivity index (χ0n) is 8.31. The predicted octanol–water partition coefficient (Wildman–Crippen LogP) is 2.91. The van der Waals surface area contributed by atoms with E-state index < -0.39 is 23.2 Å². The van der Waals surface area contributed by atoms with E-state index in [1.54, 1.807) is 0 Å². The molecule has 88 valence electrons. The molecule has 1 saturated carbocycles. The molecule has 0 saturated heterocycles. The number of rotatable bonds is 2. The zero-order chi connectivity index (χ0) is 12.0. The third-order valence-corrected chi connectivity index (χ3v) is 2.70. The second kappa shape index (κ2) is 3.45. The van der Waals surface area contributed by atoms with Crippen LogP contribution < -0.4 is 0 Å². The number of aliphatic hydroxyl groups is 1. The molecule has 0 amide bonds. The van der Waals surface area contributed by atoms with E-state index in [0.29, 0.717) is 18.4 Å². The molecular weight excluding hydrogens is 224 g/mol. The fourth-order valence-electron chi connectivity index (χ4n) is 1.60. The molecular formula is C11H10F4O. The van der Waals surface area contributed by atoms with E-state index >= 15 is 0 Å². The van der Waals surface area contributed by atoms with E-state index in [2.05, 4.69) is 0 Å². The Balaban J connectivity index is 2.22. The third-order valence-electron chi connectivity index (χ3n) is 2.70. The van der Waals surface area contributed by atoms with E-state index in [1.807, 2.05) is 0 Å². The van der Waals surface area contributed by atoms with Crippen LogP contribution in [0.5, 0.6) is 0 Å². The van der Waals surface area contributed by atoms with Crippen LogP contribution in [0.3, 0.4) is 0 Å².